The average molecular weight is 714 g/mol. The van der Waals surface area contributed by atoms with Crippen molar-refractivity contribution in [1.29, 1.82) is 0 Å². The summed E-state index contributed by atoms with van der Waals surface area (Å²) in [5.41, 5.74) is 42.0. The molecule has 0 aromatic heterocycles. The van der Waals surface area contributed by atoms with Crippen molar-refractivity contribution in [2.75, 3.05) is 39.3 Å². The lowest BCUT2D eigenvalue weighted by Gasteiger charge is -2.47. The first kappa shape index (κ1) is 40.4. The van der Waals surface area contributed by atoms with Gasteiger partial charge >= 0.3 is 0 Å². The van der Waals surface area contributed by atoms with Gasteiger partial charge in [-0.15, -0.1) is 0 Å². The van der Waals surface area contributed by atoms with Crippen molar-refractivity contribution in [3.05, 3.63) is 0 Å². The molecule has 0 radical (unpaired) electrons. The maximum absolute atomic E-state index is 12.2. The fourth-order valence-electron chi connectivity index (χ4n) is 6.35. The average Bonchev–Trinajstić information content (AvgIpc) is 3.37. The second-order valence-electron chi connectivity index (χ2n) is 12.9. The molecule has 0 aromatic carbocycles. The molecule has 19 atom stereocenters. The summed E-state index contributed by atoms with van der Waals surface area (Å²) in [7, 11) is 0. The zero-order chi connectivity index (χ0) is 36.2. The molecule has 3 saturated heterocycles. The number of nitrogens with two attached hydrogens (primary N) is 7. The molecule has 1 amide bonds. The van der Waals surface area contributed by atoms with Gasteiger partial charge in [0.1, 0.15) is 48.8 Å². The van der Waals surface area contributed by atoms with Gasteiger partial charge in [0.15, 0.2) is 18.9 Å². The largest absolute Gasteiger partial charge is 0.394 e. The van der Waals surface area contributed by atoms with Crippen LogP contribution < -0.4 is 50.8 Å². The quantitative estimate of drug-likeness (QED) is 0.0743. The Morgan fingerprint density at radius 3 is 1.90 bits per heavy atom. The van der Waals surface area contributed by atoms with E-state index in [1.165, 1.54) is 0 Å². The Morgan fingerprint density at radius 1 is 0.673 bits per heavy atom. The van der Waals surface area contributed by atoms with Crippen LogP contribution in [0.25, 0.3) is 0 Å². The van der Waals surface area contributed by atoms with Crippen molar-refractivity contribution >= 4 is 5.91 Å². The molecule has 3 heterocycles. The third-order valence-electron chi connectivity index (χ3n) is 9.34. The van der Waals surface area contributed by atoms with Crippen LogP contribution in [0.3, 0.4) is 0 Å². The second-order valence-corrected chi connectivity index (χ2v) is 12.9. The van der Waals surface area contributed by atoms with E-state index in [0.29, 0.717) is 13.1 Å². The molecule has 286 valence electrons. The van der Waals surface area contributed by atoms with E-state index >= 15 is 0 Å². The van der Waals surface area contributed by atoms with E-state index in [1.807, 2.05) is 0 Å². The van der Waals surface area contributed by atoms with Gasteiger partial charge in [-0.1, -0.05) is 0 Å². The smallest absolute Gasteiger partial charge is 0.234 e. The standard InChI is InChI=1S/C27H55N9O13/c28-1-2-35-6-13(38)36-5-11-14(32)19(41)15(33)25(45-11)47-22-9(31)3-8(30)17(39)24(22)49-27-21(43)23(12(7-37)46-27)48-26-16(34)20(42)18(40)10(4-29)44-26/h8-12,14-27,35,37,39-43H,1-7,28-34H2,(H,36,38)/t8-,9?,10+,11?,12-,14-,15?,16-,17?,18?,19+,20?,21?,22-,23+,24-,25-,26?,27?/m1/s1. The van der Waals surface area contributed by atoms with Crippen molar-refractivity contribution in [3.8, 4) is 0 Å². The summed E-state index contributed by atoms with van der Waals surface area (Å²) in [6, 6.07) is -5.23. The summed E-state index contributed by atoms with van der Waals surface area (Å²) in [5, 5.41) is 69.3. The van der Waals surface area contributed by atoms with E-state index in [2.05, 4.69) is 10.6 Å². The highest BCUT2D eigenvalue weighted by molar-refractivity contribution is 5.78. The first-order valence-corrected chi connectivity index (χ1v) is 16.3. The molecule has 0 spiro atoms. The lowest BCUT2D eigenvalue weighted by atomic mass is 9.84. The molecule has 1 saturated carbocycles. The Labute approximate surface area is 282 Å². The molecule has 4 rings (SSSR count). The van der Waals surface area contributed by atoms with Gasteiger partial charge in [0.25, 0.3) is 0 Å². The van der Waals surface area contributed by atoms with Crippen molar-refractivity contribution in [3.63, 3.8) is 0 Å². The number of carbonyl (C=O) groups is 1. The highest BCUT2D eigenvalue weighted by Gasteiger charge is 2.54. The Hall–Kier alpha value is -1.33. The van der Waals surface area contributed by atoms with Crippen LogP contribution in [0.1, 0.15) is 6.42 Å². The van der Waals surface area contributed by atoms with Gasteiger partial charge in [-0.3, -0.25) is 4.79 Å². The number of rotatable bonds is 14. The van der Waals surface area contributed by atoms with Crippen LogP contribution in [-0.4, -0.2) is 192 Å². The molecule has 3 aliphatic heterocycles. The molecule has 0 bridgehead atoms. The number of carbonyl (C=O) groups excluding carboxylic acids is 1. The number of hydrogen-bond donors (Lipinski definition) is 15. The Kier molecular flexibility index (Phi) is 14.8. The van der Waals surface area contributed by atoms with Crippen LogP contribution in [0.4, 0.5) is 0 Å². The van der Waals surface area contributed by atoms with E-state index in [1.54, 1.807) is 0 Å². The Bertz CT molecular complexity index is 1040. The minimum absolute atomic E-state index is 0.00680. The summed E-state index contributed by atoms with van der Waals surface area (Å²) in [6.45, 7) is -0.163. The molecule has 22 nitrogen and oxygen atoms in total. The molecular formula is C27H55N9O13. The van der Waals surface area contributed by atoms with Crippen LogP contribution in [0.15, 0.2) is 0 Å². The number of amides is 1. The zero-order valence-electron chi connectivity index (χ0n) is 27.0. The second kappa shape index (κ2) is 17.9. The topological polar surface area (TPSA) is 400 Å². The summed E-state index contributed by atoms with van der Waals surface area (Å²) in [5.74, 6) is -0.366. The van der Waals surface area contributed by atoms with Crippen molar-refractivity contribution in [1.82, 2.24) is 10.6 Å². The number of hydrogen-bond acceptors (Lipinski definition) is 21. The van der Waals surface area contributed by atoms with E-state index in [-0.39, 0.29) is 32.0 Å². The summed E-state index contributed by atoms with van der Waals surface area (Å²) < 4.78 is 35.3. The van der Waals surface area contributed by atoms with Crippen LogP contribution in [0, 0.1) is 0 Å². The van der Waals surface area contributed by atoms with Crippen molar-refractivity contribution in [2.24, 2.45) is 40.1 Å². The van der Waals surface area contributed by atoms with Gasteiger partial charge in [-0.05, 0) is 6.42 Å². The lowest BCUT2D eigenvalue weighted by molar-refractivity contribution is -0.297. The molecule has 4 aliphatic rings. The maximum Gasteiger partial charge on any atom is 0.234 e. The van der Waals surface area contributed by atoms with Crippen LogP contribution in [-0.2, 0) is 33.2 Å². The maximum atomic E-state index is 12.2. The Morgan fingerprint density at radius 2 is 1.27 bits per heavy atom. The minimum Gasteiger partial charge on any atom is -0.394 e. The third-order valence-corrected chi connectivity index (χ3v) is 9.34. The van der Waals surface area contributed by atoms with E-state index in [4.69, 9.17) is 68.6 Å². The number of aliphatic hydroxyl groups excluding tert-OH is 6. The fraction of sp³-hybridized carbons (Fsp3) is 0.963. The molecular weight excluding hydrogens is 658 g/mol. The molecule has 22 heteroatoms. The number of ether oxygens (including phenoxy) is 6. The third kappa shape index (κ3) is 9.19. The Balaban J connectivity index is 1.46. The highest BCUT2D eigenvalue weighted by Crippen LogP contribution is 2.34. The van der Waals surface area contributed by atoms with Crippen molar-refractivity contribution in [2.45, 2.75) is 123 Å². The molecule has 49 heavy (non-hydrogen) atoms. The van der Waals surface area contributed by atoms with E-state index < -0.39 is 123 Å². The van der Waals surface area contributed by atoms with Gasteiger partial charge in [0, 0.05) is 38.3 Å². The minimum atomic E-state index is -1.63. The van der Waals surface area contributed by atoms with Crippen molar-refractivity contribution < 1.29 is 63.9 Å². The monoisotopic (exact) mass is 713 g/mol. The predicted octanol–water partition coefficient (Wildman–Crippen LogP) is -10.2. The number of nitrogens with one attached hydrogen (secondary N) is 2. The first-order valence-electron chi connectivity index (χ1n) is 16.3. The van der Waals surface area contributed by atoms with E-state index in [0.717, 1.165) is 0 Å². The lowest BCUT2D eigenvalue weighted by Crippen LogP contribution is -2.69. The molecule has 9 unspecified atom stereocenters. The SMILES string of the molecule is NCCNCC(=O)NCC1O[C@H](O[C@@H]2C(N)C[C@@H](N)C(O)[C@H]2OC2O[C@H](CO)[C@H](OC3O[C@@H](CN)C(O)C(O)[C@H]3N)C2O)C(N)[C@@H](O)[C@@H]1N. The van der Waals surface area contributed by atoms with Crippen LogP contribution in [0.5, 0.6) is 0 Å². The van der Waals surface area contributed by atoms with Gasteiger partial charge in [-0.25, -0.2) is 0 Å². The molecule has 4 fully saturated rings. The number of aliphatic hydroxyl groups is 6. The van der Waals surface area contributed by atoms with Gasteiger partial charge in [0.2, 0.25) is 5.91 Å². The predicted molar refractivity (Wildman–Crippen MR) is 166 cm³/mol. The fourth-order valence-corrected chi connectivity index (χ4v) is 6.35. The first-order chi connectivity index (χ1) is 23.2. The molecule has 1 aliphatic carbocycles. The molecule has 0 aromatic rings. The zero-order valence-corrected chi connectivity index (χ0v) is 27.0. The van der Waals surface area contributed by atoms with Crippen LogP contribution >= 0.6 is 0 Å². The normalized spacial score (nSPS) is 47.7. The summed E-state index contributed by atoms with van der Waals surface area (Å²) >= 11 is 0. The van der Waals surface area contributed by atoms with Gasteiger partial charge < -0.3 is 110 Å². The van der Waals surface area contributed by atoms with E-state index in [9.17, 15) is 35.4 Å². The van der Waals surface area contributed by atoms with Gasteiger partial charge in [0.05, 0.1) is 49.6 Å². The van der Waals surface area contributed by atoms with Crippen LogP contribution in [0.2, 0.25) is 0 Å². The summed E-state index contributed by atoms with van der Waals surface area (Å²) in [4.78, 5) is 12.2. The summed E-state index contributed by atoms with van der Waals surface area (Å²) in [6.07, 6.45) is -18.6. The van der Waals surface area contributed by atoms with Gasteiger partial charge in [-0.2, -0.15) is 0 Å². The highest BCUT2D eigenvalue weighted by atomic mass is 16.8. The molecule has 22 N–H and O–H groups in total.